The zero-order chi connectivity index (χ0) is 15.3. The van der Waals surface area contributed by atoms with E-state index in [2.05, 4.69) is 11.3 Å². The van der Waals surface area contributed by atoms with E-state index in [1.54, 1.807) is 19.1 Å². The molecule has 0 heterocycles. The summed E-state index contributed by atoms with van der Waals surface area (Å²) in [5, 5.41) is 0. The molecule has 6 heteroatoms. The van der Waals surface area contributed by atoms with Crippen LogP contribution in [0.2, 0.25) is 0 Å². The van der Waals surface area contributed by atoms with Crippen molar-refractivity contribution in [3.8, 4) is 0 Å². The second-order valence-corrected chi connectivity index (χ2v) is 6.54. The van der Waals surface area contributed by atoms with E-state index in [-0.39, 0.29) is 23.7 Å². The van der Waals surface area contributed by atoms with Crippen LogP contribution in [0.3, 0.4) is 0 Å². The summed E-state index contributed by atoms with van der Waals surface area (Å²) in [6.45, 7) is 10.1. The van der Waals surface area contributed by atoms with E-state index in [4.69, 9.17) is 10.5 Å². The first-order chi connectivity index (χ1) is 9.25. The van der Waals surface area contributed by atoms with Gasteiger partial charge >= 0.3 is 0 Å². The number of benzene rings is 1. The Morgan fingerprint density at radius 1 is 1.40 bits per heavy atom. The van der Waals surface area contributed by atoms with Crippen molar-refractivity contribution in [3.05, 3.63) is 35.4 Å². The monoisotopic (exact) mass is 298 g/mol. The van der Waals surface area contributed by atoms with Gasteiger partial charge in [-0.2, -0.15) is 0 Å². The van der Waals surface area contributed by atoms with Crippen molar-refractivity contribution in [1.82, 2.24) is 4.72 Å². The maximum Gasteiger partial charge on any atom is 0.242 e. The standard InChI is InChI=1S/C14H22N2O3S/c1-10(2)9-19-8-7-16-20(17,18)14-12(4)11(3)5-6-13(14)15/h5-6,16H,1,7-9,15H2,2-4H3. The topological polar surface area (TPSA) is 81.4 Å². The van der Waals surface area contributed by atoms with Crippen molar-refractivity contribution < 1.29 is 13.2 Å². The minimum Gasteiger partial charge on any atom is -0.398 e. The SMILES string of the molecule is C=C(C)COCCNS(=O)(=O)c1c(N)ccc(C)c1C. The van der Waals surface area contributed by atoms with Crippen molar-refractivity contribution in [2.75, 3.05) is 25.5 Å². The van der Waals surface area contributed by atoms with Crippen LogP contribution in [0.1, 0.15) is 18.1 Å². The van der Waals surface area contributed by atoms with Gasteiger partial charge in [-0.15, -0.1) is 0 Å². The van der Waals surface area contributed by atoms with Crippen molar-refractivity contribution >= 4 is 15.7 Å². The number of nitrogens with two attached hydrogens (primary N) is 1. The van der Waals surface area contributed by atoms with Crippen LogP contribution >= 0.6 is 0 Å². The molecule has 5 nitrogen and oxygen atoms in total. The molecule has 0 amide bonds. The van der Waals surface area contributed by atoms with Crippen molar-refractivity contribution in [2.45, 2.75) is 25.7 Å². The van der Waals surface area contributed by atoms with Crippen molar-refractivity contribution in [3.63, 3.8) is 0 Å². The van der Waals surface area contributed by atoms with E-state index in [0.717, 1.165) is 11.1 Å². The fraction of sp³-hybridized carbons (Fsp3) is 0.429. The lowest BCUT2D eigenvalue weighted by Crippen LogP contribution is -2.29. The lowest BCUT2D eigenvalue weighted by atomic mass is 10.1. The van der Waals surface area contributed by atoms with Crippen LogP contribution in [-0.2, 0) is 14.8 Å². The summed E-state index contributed by atoms with van der Waals surface area (Å²) >= 11 is 0. The van der Waals surface area contributed by atoms with Gasteiger partial charge in [0.1, 0.15) is 4.90 Å². The highest BCUT2D eigenvalue weighted by Gasteiger charge is 2.20. The number of hydrogen-bond donors (Lipinski definition) is 2. The smallest absolute Gasteiger partial charge is 0.242 e. The molecule has 0 aliphatic carbocycles. The molecule has 0 saturated heterocycles. The number of aryl methyl sites for hydroxylation is 1. The van der Waals surface area contributed by atoms with Crippen LogP contribution in [-0.4, -0.2) is 28.2 Å². The molecule has 3 N–H and O–H groups in total. The molecule has 0 atom stereocenters. The van der Waals surface area contributed by atoms with E-state index in [1.165, 1.54) is 0 Å². The molecule has 1 aromatic carbocycles. The number of hydrogen-bond acceptors (Lipinski definition) is 4. The molecule has 0 saturated carbocycles. The number of rotatable bonds is 7. The van der Waals surface area contributed by atoms with E-state index < -0.39 is 10.0 Å². The molecule has 0 fully saturated rings. The van der Waals surface area contributed by atoms with Gasteiger partial charge in [0.15, 0.2) is 0 Å². The fourth-order valence-electron chi connectivity index (χ4n) is 1.73. The predicted octanol–water partition coefficient (Wildman–Crippen LogP) is 1.76. The lowest BCUT2D eigenvalue weighted by molar-refractivity contribution is 0.162. The van der Waals surface area contributed by atoms with Crippen LogP contribution in [0, 0.1) is 13.8 Å². The molecule has 0 bridgehead atoms. The average Bonchev–Trinajstić information content (AvgIpc) is 2.33. The van der Waals surface area contributed by atoms with E-state index >= 15 is 0 Å². The third-order valence-corrected chi connectivity index (χ3v) is 4.53. The number of ether oxygens (including phenoxy) is 1. The molecule has 0 aliphatic heterocycles. The van der Waals surface area contributed by atoms with Gasteiger partial charge in [0, 0.05) is 6.54 Å². The third-order valence-electron chi connectivity index (χ3n) is 2.86. The number of nitrogen functional groups attached to an aromatic ring is 1. The van der Waals surface area contributed by atoms with E-state index in [9.17, 15) is 8.42 Å². The average molecular weight is 298 g/mol. The van der Waals surface area contributed by atoms with Crippen molar-refractivity contribution in [2.24, 2.45) is 0 Å². The number of anilines is 1. The molecule has 0 spiro atoms. The van der Waals surface area contributed by atoms with Gasteiger partial charge in [0.2, 0.25) is 10.0 Å². The van der Waals surface area contributed by atoms with Gasteiger partial charge < -0.3 is 10.5 Å². The normalized spacial score (nSPS) is 11.6. The molecule has 1 rings (SSSR count). The van der Waals surface area contributed by atoms with Gasteiger partial charge in [-0.25, -0.2) is 13.1 Å². The summed E-state index contributed by atoms with van der Waals surface area (Å²) in [6.07, 6.45) is 0. The Balaban J connectivity index is 2.75. The first kappa shape index (κ1) is 16.7. The Kier molecular flexibility index (Phi) is 5.74. The number of nitrogens with one attached hydrogen (secondary N) is 1. The summed E-state index contributed by atoms with van der Waals surface area (Å²) in [6, 6.07) is 3.41. The quantitative estimate of drug-likeness (QED) is 0.456. The largest absolute Gasteiger partial charge is 0.398 e. The van der Waals surface area contributed by atoms with Gasteiger partial charge in [-0.1, -0.05) is 18.2 Å². The summed E-state index contributed by atoms with van der Waals surface area (Å²) in [4.78, 5) is 0.150. The summed E-state index contributed by atoms with van der Waals surface area (Å²) in [5.41, 5.74) is 8.49. The first-order valence-electron chi connectivity index (χ1n) is 6.33. The van der Waals surface area contributed by atoms with Crippen LogP contribution in [0.15, 0.2) is 29.2 Å². The van der Waals surface area contributed by atoms with E-state index in [0.29, 0.717) is 12.2 Å². The maximum absolute atomic E-state index is 12.3. The van der Waals surface area contributed by atoms with E-state index in [1.807, 2.05) is 13.8 Å². The fourth-order valence-corrected chi connectivity index (χ4v) is 3.17. The molecular weight excluding hydrogens is 276 g/mol. The molecular formula is C14H22N2O3S. The van der Waals surface area contributed by atoms with Crippen LogP contribution in [0.5, 0.6) is 0 Å². The minimum absolute atomic E-state index is 0.150. The predicted molar refractivity (Wildman–Crippen MR) is 81.1 cm³/mol. The molecule has 0 radical (unpaired) electrons. The maximum atomic E-state index is 12.3. The van der Waals surface area contributed by atoms with Gasteiger partial charge in [-0.3, -0.25) is 0 Å². The van der Waals surface area contributed by atoms with Crippen LogP contribution < -0.4 is 10.5 Å². The van der Waals surface area contributed by atoms with Crippen LogP contribution in [0.4, 0.5) is 5.69 Å². The Morgan fingerprint density at radius 2 is 2.05 bits per heavy atom. The summed E-state index contributed by atoms with van der Waals surface area (Å²) in [7, 11) is -3.62. The zero-order valence-corrected chi connectivity index (χ0v) is 13.0. The Morgan fingerprint density at radius 3 is 2.65 bits per heavy atom. The molecule has 20 heavy (non-hydrogen) atoms. The molecule has 0 aliphatic rings. The minimum atomic E-state index is -3.62. The zero-order valence-electron chi connectivity index (χ0n) is 12.2. The van der Waals surface area contributed by atoms with Gasteiger partial charge in [0.05, 0.1) is 18.9 Å². The second kappa shape index (κ2) is 6.88. The first-order valence-corrected chi connectivity index (χ1v) is 7.81. The highest BCUT2D eigenvalue weighted by molar-refractivity contribution is 7.89. The molecule has 0 aromatic heterocycles. The Labute approximate surface area is 120 Å². The molecule has 112 valence electrons. The van der Waals surface area contributed by atoms with Crippen LogP contribution in [0.25, 0.3) is 0 Å². The molecule has 1 aromatic rings. The highest BCUT2D eigenvalue weighted by atomic mass is 32.2. The third kappa shape index (κ3) is 4.33. The molecule has 0 unspecified atom stereocenters. The van der Waals surface area contributed by atoms with Crippen molar-refractivity contribution in [1.29, 1.82) is 0 Å². The Hall–Kier alpha value is -1.37. The number of sulfonamides is 1. The summed E-state index contributed by atoms with van der Waals surface area (Å²) < 4.78 is 32.3. The summed E-state index contributed by atoms with van der Waals surface area (Å²) in [5.74, 6) is 0. The Bertz CT molecular complexity index is 595. The van der Waals surface area contributed by atoms with Gasteiger partial charge in [0.25, 0.3) is 0 Å². The van der Waals surface area contributed by atoms with Gasteiger partial charge in [-0.05, 0) is 38.0 Å². The highest BCUT2D eigenvalue weighted by Crippen LogP contribution is 2.24. The lowest BCUT2D eigenvalue weighted by Gasteiger charge is -2.13. The second-order valence-electron chi connectivity index (χ2n) is 4.83.